The van der Waals surface area contributed by atoms with Gasteiger partial charge in [0.25, 0.3) is 17.2 Å². The number of nitrogens with zero attached hydrogens (tertiary/aromatic N) is 1. The highest BCUT2D eigenvalue weighted by Crippen LogP contribution is 2.21. The van der Waals surface area contributed by atoms with Crippen LogP contribution in [0.25, 0.3) is 0 Å². The third-order valence-electron chi connectivity index (χ3n) is 3.86. The molecule has 3 N–H and O–H groups in total. The van der Waals surface area contributed by atoms with E-state index in [4.69, 9.17) is 4.55 Å². The lowest BCUT2D eigenvalue weighted by Crippen LogP contribution is -2.42. The van der Waals surface area contributed by atoms with Crippen LogP contribution in [0.3, 0.4) is 0 Å². The summed E-state index contributed by atoms with van der Waals surface area (Å²) in [5.41, 5.74) is 3.18. The zero-order valence-corrected chi connectivity index (χ0v) is 14.5. The first-order valence-corrected chi connectivity index (χ1v) is 8.77. The zero-order valence-electron chi connectivity index (χ0n) is 13.7. The van der Waals surface area contributed by atoms with Crippen LogP contribution in [0.1, 0.15) is 25.8 Å². The van der Waals surface area contributed by atoms with Crippen molar-refractivity contribution in [2.75, 3.05) is 17.8 Å². The Hall–Kier alpha value is -2.19. The van der Waals surface area contributed by atoms with Crippen molar-refractivity contribution < 1.29 is 18.4 Å². The Labute approximate surface area is 143 Å². The molecule has 1 aromatic carbocycles. The maximum atomic E-state index is 12.1. The zero-order chi connectivity index (χ0) is 17.7. The fourth-order valence-electron chi connectivity index (χ4n) is 2.62. The molecule has 0 spiro atoms. The van der Waals surface area contributed by atoms with Crippen molar-refractivity contribution in [1.29, 1.82) is 0 Å². The van der Waals surface area contributed by atoms with Crippen LogP contribution < -0.4 is 10.0 Å². The highest BCUT2D eigenvalue weighted by molar-refractivity contribution is 7.80. The van der Waals surface area contributed by atoms with Crippen LogP contribution in [0.2, 0.25) is 0 Å². The predicted octanol–water partition coefficient (Wildman–Crippen LogP) is 2.06. The number of hydrogen-bond donors (Lipinski definition) is 3. The molecule has 0 radical (unpaired) electrons. The minimum absolute atomic E-state index is 0.208. The summed E-state index contributed by atoms with van der Waals surface area (Å²) in [5, 5.41) is 2.75. The SMILES string of the molecule is CCC1=C(C)CN(C(=O)NCCc2ccc(NS(=O)O)cc2)C1=O. The van der Waals surface area contributed by atoms with E-state index in [2.05, 4.69) is 10.0 Å². The van der Waals surface area contributed by atoms with Crippen molar-refractivity contribution in [1.82, 2.24) is 10.2 Å². The van der Waals surface area contributed by atoms with Gasteiger partial charge in [0.1, 0.15) is 0 Å². The van der Waals surface area contributed by atoms with E-state index in [-0.39, 0.29) is 11.9 Å². The summed E-state index contributed by atoms with van der Waals surface area (Å²) >= 11 is -2.09. The maximum Gasteiger partial charge on any atom is 0.324 e. The number of amides is 3. The van der Waals surface area contributed by atoms with Gasteiger partial charge in [-0.2, -0.15) is 0 Å². The molecule has 1 aromatic rings. The molecule has 1 aliphatic heterocycles. The normalized spacial score (nSPS) is 15.6. The van der Waals surface area contributed by atoms with Gasteiger partial charge in [-0.25, -0.2) is 9.00 Å². The predicted molar refractivity (Wildman–Crippen MR) is 92.6 cm³/mol. The largest absolute Gasteiger partial charge is 0.337 e. The lowest BCUT2D eigenvalue weighted by atomic mass is 10.1. The summed E-state index contributed by atoms with van der Waals surface area (Å²) in [7, 11) is 0. The van der Waals surface area contributed by atoms with Gasteiger partial charge in [-0.1, -0.05) is 19.1 Å². The quantitative estimate of drug-likeness (QED) is 0.683. The average molecular weight is 351 g/mol. The van der Waals surface area contributed by atoms with Gasteiger partial charge in [0.2, 0.25) is 0 Å². The molecule has 1 unspecified atom stereocenters. The Morgan fingerprint density at radius 1 is 1.33 bits per heavy atom. The molecule has 1 heterocycles. The van der Waals surface area contributed by atoms with Crippen molar-refractivity contribution in [3.8, 4) is 0 Å². The minimum Gasteiger partial charge on any atom is -0.337 e. The summed E-state index contributed by atoms with van der Waals surface area (Å²) in [6.07, 6.45) is 1.23. The third kappa shape index (κ3) is 4.42. The smallest absolute Gasteiger partial charge is 0.324 e. The van der Waals surface area contributed by atoms with Crippen molar-refractivity contribution in [2.24, 2.45) is 0 Å². The van der Waals surface area contributed by atoms with Gasteiger partial charge in [0.05, 0.1) is 6.54 Å². The monoisotopic (exact) mass is 351 g/mol. The van der Waals surface area contributed by atoms with E-state index in [0.29, 0.717) is 31.6 Å². The molecule has 0 saturated heterocycles. The van der Waals surface area contributed by atoms with E-state index in [0.717, 1.165) is 16.7 Å². The summed E-state index contributed by atoms with van der Waals surface area (Å²) < 4.78 is 21.7. The minimum atomic E-state index is -2.09. The number of carbonyl (C=O) groups excluding carboxylic acids is 2. The second-order valence-corrected chi connectivity index (χ2v) is 6.24. The number of benzene rings is 1. The number of urea groups is 1. The van der Waals surface area contributed by atoms with Crippen LogP contribution in [0.4, 0.5) is 10.5 Å². The summed E-state index contributed by atoms with van der Waals surface area (Å²) in [6.45, 7) is 4.54. The Morgan fingerprint density at radius 3 is 2.54 bits per heavy atom. The number of carbonyl (C=O) groups is 2. The molecule has 24 heavy (non-hydrogen) atoms. The van der Waals surface area contributed by atoms with Crippen molar-refractivity contribution in [3.63, 3.8) is 0 Å². The summed E-state index contributed by atoms with van der Waals surface area (Å²) in [4.78, 5) is 25.5. The van der Waals surface area contributed by atoms with E-state index in [9.17, 15) is 13.8 Å². The molecule has 1 aliphatic rings. The lowest BCUT2D eigenvalue weighted by molar-refractivity contribution is -0.123. The average Bonchev–Trinajstić information content (AvgIpc) is 2.82. The van der Waals surface area contributed by atoms with Crippen LogP contribution in [0.5, 0.6) is 0 Å². The molecular weight excluding hydrogens is 330 g/mol. The first-order valence-electron chi connectivity index (χ1n) is 7.67. The standard InChI is InChI=1S/C16H21N3O4S/c1-3-14-11(2)10-19(15(14)20)16(21)17-9-8-12-4-6-13(7-5-12)18-24(22)23/h4-7,18H,3,8-10H2,1-2H3,(H,17,21)(H,22,23). The fourth-order valence-corrected chi connectivity index (χ4v) is 2.95. The number of imide groups is 1. The molecule has 0 saturated carbocycles. The molecule has 2 rings (SSSR count). The molecule has 0 bridgehead atoms. The van der Waals surface area contributed by atoms with Gasteiger partial charge in [-0.3, -0.25) is 19.0 Å². The molecule has 0 fully saturated rings. The second kappa shape index (κ2) is 8.07. The molecule has 3 amide bonds. The van der Waals surface area contributed by atoms with Gasteiger partial charge in [-0.05, 0) is 43.0 Å². The van der Waals surface area contributed by atoms with Crippen LogP contribution in [-0.2, 0) is 22.5 Å². The van der Waals surface area contributed by atoms with Crippen LogP contribution >= 0.6 is 0 Å². The third-order valence-corrected chi connectivity index (χ3v) is 4.27. The first kappa shape index (κ1) is 18.2. The Kier molecular flexibility index (Phi) is 6.10. The van der Waals surface area contributed by atoms with Crippen LogP contribution in [0, 0.1) is 0 Å². The molecule has 1 atom stereocenters. The number of rotatable bonds is 6. The molecule has 0 aromatic heterocycles. The van der Waals surface area contributed by atoms with Crippen molar-refractivity contribution >= 4 is 28.9 Å². The van der Waals surface area contributed by atoms with E-state index in [1.165, 1.54) is 4.90 Å². The molecule has 0 aliphatic carbocycles. The van der Waals surface area contributed by atoms with Gasteiger partial charge in [-0.15, -0.1) is 0 Å². The van der Waals surface area contributed by atoms with Crippen molar-refractivity contribution in [3.05, 3.63) is 41.0 Å². The van der Waals surface area contributed by atoms with E-state index in [1.54, 1.807) is 12.1 Å². The van der Waals surface area contributed by atoms with Gasteiger partial charge >= 0.3 is 6.03 Å². The maximum absolute atomic E-state index is 12.1. The van der Waals surface area contributed by atoms with E-state index >= 15 is 0 Å². The molecular formula is C16H21N3O4S. The van der Waals surface area contributed by atoms with Gasteiger partial charge in [0.15, 0.2) is 0 Å². The Morgan fingerprint density at radius 2 is 2.00 bits per heavy atom. The van der Waals surface area contributed by atoms with E-state index in [1.807, 2.05) is 26.0 Å². The first-order chi connectivity index (χ1) is 11.4. The second-order valence-electron chi connectivity index (χ2n) is 5.53. The molecule has 7 nitrogen and oxygen atoms in total. The highest BCUT2D eigenvalue weighted by atomic mass is 32.2. The fraction of sp³-hybridized carbons (Fsp3) is 0.375. The number of hydrogen-bond acceptors (Lipinski definition) is 3. The Balaban J connectivity index is 1.81. The van der Waals surface area contributed by atoms with Gasteiger partial charge < -0.3 is 5.32 Å². The highest BCUT2D eigenvalue weighted by Gasteiger charge is 2.31. The number of anilines is 1. The molecule has 130 valence electrons. The van der Waals surface area contributed by atoms with Gasteiger partial charge in [0, 0.05) is 17.8 Å². The number of nitrogens with one attached hydrogen (secondary N) is 2. The van der Waals surface area contributed by atoms with Crippen LogP contribution in [-0.4, -0.2) is 38.7 Å². The molecule has 8 heteroatoms. The van der Waals surface area contributed by atoms with Crippen LogP contribution in [0.15, 0.2) is 35.4 Å². The Bertz CT molecular complexity index is 685. The van der Waals surface area contributed by atoms with Crippen molar-refractivity contribution in [2.45, 2.75) is 26.7 Å². The lowest BCUT2D eigenvalue weighted by Gasteiger charge is -2.16. The summed E-state index contributed by atoms with van der Waals surface area (Å²) in [5.74, 6) is -0.208. The summed E-state index contributed by atoms with van der Waals surface area (Å²) in [6, 6.07) is 6.62. The van der Waals surface area contributed by atoms with E-state index < -0.39 is 11.3 Å². The topological polar surface area (TPSA) is 98.7 Å².